The van der Waals surface area contributed by atoms with Gasteiger partial charge in [0.15, 0.2) is 11.6 Å². The van der Waals surface area contributed by atoms with Crippen molar-refractivity contribution in [1.82, 2.24) is 15.0 Å². The molecule has 5 rings (SSSR count). The van der Waals surface area contributed by atoms with Crippen LogP contribution in [0, 0.1) is 0 Å². The summed E-state index contributed by atoms with van der Waals surface area (Å²) < 4.78 is 0. The number of aromatic nitrogens is 3. The van der Waals surface area contributed by atoms with Gasteiger partial charge in [-0.1, -0.05) is 54.6 Å². The van der Waals surface area contributed by atoms with Crippen LogP contribution < -0.4 is 0 Å². The number of hydrogen-bond acceptors (Lipinski definition) is 3. The van der Waals surface area contributed by atoms with Crippen LogP contribution in [0.3, 0.4) is 0 Å². The van der Waals surface area contributed by atoms with Gasteiger partial charge in [0.1, 0.15) is 5.69 Å². The Bertz CT molecular complexity index is 1290. The van der Waals surface area contributed by atoms with E-state index in [1.807, 2.05) is 84.9 Å². The van der Waals surface area contributed by atoms with Crippen LogP contribution >= 0.6 is 0 Å². The van der Waals surface area contributed by atoms with Crippen molar-refractivity contribution in [2.24, 2.45) is 0 Å². The second kappa shape index (κ2) is 7.06. The number of carbonyl (C=O) groups is 1. The van der Waals surface area contributed by atoms with Gasteiger partial charge in [-0.3, -0.25) is 4.79 Å². The van der Waals surface area contributed by atoms with Crippen molar-refractivity contribution < 1.29 is 10.3 Å². The van der Waals surface area contributed by atoms with Gasteiger partial charge in [0.05, 0.1) is 16.6 Å². The summed E-state index contributed by atoms with van der Waals surface area (Å²) in [7, 11) is 0. The standard InChI is InChI=1S/C23H15N3O.H2O/c27-22(16-7-2-1-3-8-16)17-11-12-19-21(14-17)26-23(25-19)20-13-10-15-6-4-5-9-18(15)24-20;/h1-14H,(H,25,26);1H2. The van der Waals surface area contributed by atoms with Gasteiger partial charge < -0.3 is 10.5 Å². The lowest BCUT2D eigenvalue weighted by Gasteiger charge is -2.00. The number of pyridine rings is 1. The molecule has 0 aliphatic carbocycles. The molecule has 0 atom stereocenters. The summed E-state index contributed by atoms with van der Waals surface area (Å²) >= 11 is 0. The van der Waals surface area contributed by atoms with Crippen molar-refractivity contribution in [3.05, 3.63) is 96.1 Å². The number of rotatable bonds is 3. The molecule has 0 saturated carbocycles. The lowest BCUT2D eigenvalue weighted by atomic mass is 10.0. The maximum Gasteiger partial charge on any atom is 0.193 e. The molecule has 3 aromatic carbocycles. The summed E-state index contributed by atoms with van der Waals surface area (Å²) in [6, 6.07) is 26.8. The van der Waals surface area contributed by atoms with Crippen LogP contribution in [0.4, 0.5) is 0 Å². The Balaban J connectivity index is 0.00000192. The number of aromatic amines is 1. The van der Waals surface area contributed by atoms with Crippen LogP contribution in [0.1, 0.15) is 15.9 Å². The molecular formula is C23H17N3O2. The first-order valence-corrected chi connectivity index (χ1v) is 8.74. The zero-order chi connectivity index (χ0) is 18.2. The van der Waals surface area contributed by atoms with Crippen LogP contribution in [0.2, 0.25) is 0 Å². The average Bonchev–Trinajstić information content (AvgIpc) is 3.17. The molecule has 5 nitrogen and oxygen atoms in total. The minimum atomic E-state index is -0.00233. The van der Waals surface area contributed by atoms with E-state index in [1.54, 1.807) is 0 Å². The Labute approximate surface area is 161 Å². The molecular weight excluding hydrogens is 350 g/mol. The quantitative estimate of drug-likeness (QED) is 0.485. The molecule has 0 bridgehead atoms. The monoisotopic (exact) mass is 367 g/mol. The highest BCUT2D eigenvalue weighted by Gasteiger charge is 2.12. The third-order valence-electron chi connectivity index (χ3n) is 4.62. The van der Waals surface area contributed by atoms with E-state index < -0.39 is 0 Å². The highest BCUT2D eigenvalue weighted by Crippen LogP contribution is 2.23. The second-order valence-electron chi connectivity index (χ2n) is 6.40. The van der Waals surface area contributed by atoms with Gasteiger partial charge in [0.2, 0.25) is 0 Å². The van der Waals surface area contributed by atoms with E-state index in [0.29, 0.717) is 17.0 Å². The Hall–Kier alpha value is -3.83. The van der Waals surface area contributed by atoms with Crippen LogP contribution in [0.15, 0.2) is 84.9 Å². The van der Waals surface area contributed by atoms with Crippen LogP contribution in [-0.4, -0.2) is 26.2 Å². The summed E-state index contributed by atoms with van der Waals surface area (Å²) in [6.07, 6.45) is 0. The zero-order valence-corrected chi connectivity index (χ0v) is 14.9. The van der Waals surface area contributed by atoms with Crippen molar-refractivity contribution >= 4 is 27.7 Å². The summed E-state index contributed by atoms with van der Waals surface area (Å²) in [5.74, 6) is 0.692. The number of benzene rings is 3. The maximum atomic E-state index is 12.7. The summed E-state index contributed by atoms with van der Waals surface area (Å²) in [4.78, 5) is 25.3. The van der Waals surface area contributed by atoms with Gasteiger partial charge in [0, 0.05) is 16.5 Å². The van der Waals surface area contributed by atoms with Gasteiger partial charge in [-0.05, 0) is 30.3 Å². The highest BCUT2D eigenvalue weighted by atomic mass is 16.1. The molecule has 136 valence electrons. The van der Waals surface area contributed by atoms with Gasteiger partial charge >= 0.3 is 0 Å². The SMILES string of the molecule is O.O=C(c1ccccc1)c1ccc2nc(-c3ccc4ccccc4n3)[nH]c2c1. The largest absolute Gasteiger partial charge is 0.412 e. The second-order valence-corrected chi connectivity index (χ2v) is 6.40. The number of fused-ring (bicyclic) bond motifs is 2. The van der Waals surface area contributed by atoms with E-state index in [1.165, 1.54) is 0 Å². The molecule has 3 N–H and O–H groups in total. The van der Waals surface area contributed by atoms with Crippen LogP contribution in [0.5, 0.6) is 0 Å². The van der Waals surface area contributed by atoms with E-state index in [4.69, 9.17) is 0 Å². The minimum Gasteiger partial charge on any atom is -0.412 e. The molecule has 2 aromatic heterocycles. The van der Waals surface area contributed by atoms with Gasteiger partial charge in [-0.15, -0.1) is 0 Å². The fraction of sp³-hybridized carbons (Fsp3) is 0. The first kappa shape index (κ1) is 17.6. The van der Waals surface area contributed by atoms with Gasteiger partial charge in [-0.25, -0.2) is 9.97 Å². The topological polar surface area (TPSA) is 90.1 Å². The molecule has 0 amide bonds. The van der Waals surface area contributed by atoms with E-state index in [2.05, 4.69) is 15.0 Å². The molecule has 0 aliphatic heterocycles. The third-order valence-corrected chi connectivity index (χ3v) is 4.62. The lowest BCUT2D eigenvalue weighted by molar-refractivity contribution is 0.103. The fourth-order valence-corrected chi connectivity index (χ4v) is 3.23. The van der Waals surface area contributed by atoms with E-state index in [9.17, 15) is 4.79 Å². The van der Waals surface area contributed by atoms with Crippen molar-refractivity contribution in [1.29, 1.82) is 0 Å². The number of ketones is 1. The normalized spacial score (nSPS) is 10.7. The minimum absolute atomic E-state index is 0. The van der Waals surface area contributed by atoms with Crippen molar-refractivity contribution in [3.8, 4) is 11.5 Å². The number of imidazole rings is 1. The molecule has 5 heteroatoms. The third kappa shape index (κ3) is 3.04. The zero-order valence-electron chi connectivity index (χ0n) is 14.9. The molecule has 0 unspecified atom stereocenters. The Kier molecular flexibility index (Phi) is 4.43. The van der Waals surface area contributed by atoms with Crippen molar-refractivity contribution in [2.75, 3.05) is 0 Å². The molecule has 28 heavy (non-hydrogen) atoms. The number of carbonyl (C=O) groups excluding carboxylic acids is 1. The highest BCUT2D eigenvalue weighted by molar-refractivity contribution is 6.10. The Morgan fingerprint density at radius 3 is 2.36 bits per heavy atom. The molecule has 5 aromatic rings. The summed E-state index contributed by atoms with van der Waals surface area (Å²) in [5.41, 5.74) is 4.64. The summed E-state index contributed by atoms with van der Waals surface area (Å²) in [6.45, 7) is 0. The predicted octanol–water partition coefficient (Wildman–Crippen LogP) is 4.18. The van der Waals surface area contributed by atoms with E-state index in [0.717, 1.165) is 27.6 Å². The van der Waals surface area contributed by atoms with Gasteiger partial charge in [0.25, 0.3) is 0 Å². The van der Waals surface area contributed by atoms with Crippen LogP contribution in [0.25, 0.3) is 33.5 Å². The van der Waals surface area contributed by atoms with Crippen molar-refractivity contribution in [2.45, 2.75) is 0 Å². The number of nitrogens with one attached hydrogen (secondary N) is 1. The number of H-pyrrole nitrogens is 1. The van der Waals surface area contributed by atoms with Crippen molar-refractivity contribution in [3.63, 3.8) is 0 Å². The fourth-order valence-electron chi connectivity index (χ4n) is 3.23. The first-order chi connectivity index (χ1) is 13.3. The van der Waals surface area contributed by atoms with Gasteiger partial charge in [-0.2, -0.15) is 0 Å². The van der Waals surface area contributed by atoms with Crippen LogP contribution in [-0.2, 0) is 0 Å². The number of para-hydroxylation sites is 1. The number of hydrogen-bond donors (Lipinski definition) is 1. The Morgan fingerprint density at radius 2 is 1.50 bits per heavy atom. The predicted molar refractivity (Wildman–Crippen MR) is 110 cm³/mol. The average molecular weight is 367 g/mol. The number of nitrogens with zero attached hydrogens (tertiary/aromatic N) is 2. The molecule has 0 aliphatic rings. The lowest BCUT2D eigenvalue weighted by Crippen LogP contribution is -2.00. The maximum absolute atomic E-state index is 12.7. The smallest absolute Gasteiger partial charge is 0.193 e. The molecule has 0 radical (unpaired) electrons. The van der Waals surface area contributed by atoms with E-state index in [-0.39, 0.29) is 11.3 Å². The molecule has 2 heterocycles. The first-order valence-electron chi connectivity index (χ1n) is 8.74. The summed E-state index contributed by atoms with van der Waals surface area (Å²) in [5, 5.41) is 1.09. The molecule has 0 spiro atoms. The van der Waals surface area contributed by atoms with E-state index >= 15 is 0 Å². The molecule has 0 fully saturated rings. The molecule has 0 saturated heterocycles. The Morgan fingerprint density at radius 1 is 0.714 bits per heavy atom.